The van der Waals surface area contributed by atoms with E-state index in [9.17, 15) is 9.59 Å². The summed E-state index contributed by atoms with van der Waals surface area (Å²) in [7, 11) is 0. The van der Waals surface area contributed by atoms with Gasteiger partial charge in [0.25, 0.3) is 0 Å². The van der Waals surface area contributed by atoms with Crippen LogP contribution in [0.25, 0.3) is 0 Å². The molecule has 2 heterocycles. The Morgan fingerprint density at radius 1 is 1.04 bits per heavy atom. The quantitative estimate of drug-likeness (QED) is 0.906. The van der Waals surface area contributed by atoms with Crippen LogP contribution in [0.2, 0.25) is 0 Å². The molecule has 1 aromatic carbocycles. The Morgan fingerprint density at radius 2 is 1.72 bits per heavy atom. The fourth-order valence-electron chi connectivity index (χ4n) is 3.38. The van der Waals surface area contributed by atoms with E-state index in [4.69, 9.17) is 4.74 Å². The molecular formula is C19H27N3O3. The molecule has 0 unspecified atom stereocenters. The van der Waals surface area contributed by atoms with Crippen molar-refractivity contribution in [2.75, 3.05) is 32.8 Å². The average Bonchev–Trinajstić information content (AvgIpc) is 2.65. The van der Waals surface area contributed by atoms with Gasteiger partial charge >= 0.3 is 6.03 Å². The Labute approximate surface area is 149 Å². The summed E-state index contributed by atoms with van der Waals surface area (Å²) in [6.07, 6.45) is 0.865. The maximum Gasteiger partial charge on any atom is 0.318 e. The number of rotatable bonds is 3. The highest BCUT2D eigenvalue weighted by Crippen LogP contribution is 2.20. The van der Waals surface area contributed by atoms with Gasteiger partial charge in [0.1, 0.15) is 6.04 Å². The standard InChI is InChI=1S/C19H27N3O3/c1-14(2)17(20-19(24)21-9-11-25-12-10-21)18(23)22-8-7-15-5-3-4-6-16(15)13-22/h3-6,14,17H,7-13H2,1-2H3,(H,20,24)/t17-/m0/s1. The summed E-state index contributed by atoms with van der Waals surface area (Å²) in [5.41, 5.74) is 2.51. The number of carbonyl (C=O) groups is 2. The zero-order valence-electron chi connectivity index (χ0n) is 15.0. The van der Waals surface area contributed by atoms with Crippen LogP contribution in [0.5, 0.6) is 0 Å². The lowest BCUT2D eigenvalue weighted by atomic mass is 9.97. The Morgan fingerprint density at radius 3 is 2.40 bits per heavy atom. The maximum atomic E-state index is 13.0. The van der Waals surface area contributed by atoms with E-state index in [0.29, 0.717) is 39.4 Å². The molecule has 6 nitrogen and oxygen atoms in total. The van der Waals surface area contributed by atoms with Gasteiger partial charge in [-0.15, -0.1) is 0 Å². The number of urea groups is 1. The molecular weight excluding hydrogens is 318 g/mol. The molecule has 136 valence electrons. The molecule has 0 radical (unpaired) electrons. The van der Waals surface area contributed by atoms with Crippen molar-refractivity contribution in [3.8, 4) is 0 Å². The molecule has 0 aromatic heterocycles. The number of ether oxygens (including phenoxy) is 1. The second-order valence-corrected chi connectivity index (χ2v) is 7.05. The van der Waals surface area contributed by atoms with Gasteiger partial charge in [-0.25, -0.2) is 4.79 Å². The SMILES string of the molecule is CC(C)[C@H](NC(=O)N1CCOCC1)C(=O)N1CCc2ccccc2C1. The summed E-state index contributed by atoms with van der Waals surface area (Å²) < 4.78 is 5.28. The minimum atomic E-state index is -0.499. The number of morpholine rings is 1. The van der Waals surface area contributed by atoms with Crippen LogP contribution in [0.4, 0.5) is 4.79 Å². The van der Waals surface area contributed by atoms with Gasteiger partial charge in [0.15, 0.2) is 0 Å². The van der Waals surface area contributed by atoms with Crippen molar-refractivity contribution in [1.29, 1.82) is 0 Å². The first-order valence-electron chi connectivity index (χ1n) is 9.05. The van der Waals surface area contributed by atoms with E-state index in [1.165, 1.54) is 11.1 Å². The van der Waals surface area contributed by atoms with Crippen molar-refractivity contribution in [3.63, 3.8) is 0 Å². The minimum Gasteiger partial charge on any atom is -0.378 e. The van der Waals surface area contributed by atoms with Crippen molar-refractivity contribution >= 4 is 11.9 Å². The molecule has 2 aliphatic rings. The summed E-state index contributed by atoms with van der Waals surface area (Å²) in [5, 5.41) is 2.95. The molecule has 1 saturated heterocycles. The molecule has 0 saturated carbocycles. The van der Waals surface area contributed by atoms with Gasteiger partial charge in [-0.2, -0.15) is 0 Å². The summed E-state index contributed by atoms with van der Waals surface area (Å²) in [6, 6.07) is 7.57. The number of hydrogen-bond acceptors (Lipinski definition) is 3. The number of fused-ring (bicyclic) bond motifs is 1. The summed E-state index contributed by atoms with van der Waals surface area (Å²) in [5.74, 6) is 0.0424. The van der Waals surface area contributed by atoms with Gasteiger partial charge in [-0.05, 0) is 23.5 Å². The van der Waals surface area contributed by atoms with Crippen molar-refractivity contribution < 1.29 is 14.3 Å². The predicted molar refractivity (Wildman–Crippen MR) is 95.1 cm³/mol. The molecule has 3 rings (SSSR count). The van der Waals surface area contributed by atoms with Crippen LogP contribution < -0.4 is 5.32 Å². The zero-order valence-corrected chi connectivity index (χ0v) is 15.0. The Hall–Kier alpha value is -2.08. The lowest BCUT2D eigenvalue weighted by molar-refractivity contribution is -0.135. The molecule has 2 aliphatic heterocycles. The highest BCUT2D eigenvalue weighted by molar-refractivity contribution is 5.87. The molecule has 0 bridgehead atoms. The number of amides is 3. The number of hydrogen-bond donors (Lipinski definition) is 1. The molecule has 1 N–H and O–H groups in total. The summed E-state index contributed by atoms with van der Waals surface area (Å²) in [6.45, 7) is 7.51. The first kappa shape index (κ1) is 17.7. The van der Waals surface area contributed by atoms with E-state index in [1.807, 2.05) is 30.9 Å². The number of nitrogens with one attached hydrogen (secondary N) is 1. The van der Waals surface area contributed by atoms with Crippen LogP contribution in [-0.2, 0) is 22.5 Å². The van der Waals surface area contributed by atoms with Gasteiger partial charge < -0.3 is 19.9 Å². The Kier molecular flexibility index (Phi) is 5.58. The highest BCUT2D eigenvalue weighted by Gasteiger charge is 2.32. The minimum absolute atomic E-state index is 0.00566. The molecule has 1 atom stereocenters. The zero-order chi connectivity index (χ0) is 17.8. The molecule has 3 amide bonds. The maximum absolute atomic E-state index is 13.0. The van der Waals surface area contributed by atoms with Crippen LogP contribution in [0.1, 0.15) is 25.0 Å². The molecule has 6 heteroatoms. The van der Waals surface area contributed by atoms with E-state index < -0.39 is 6.04 Å². The largest absolute Gasteiger partial charge is 0.378 e. The fourth-order valence-corrected chi connectivity index (χ4v) is 3.38. The van der Waals surface area contributed by atoms with E-state index in [1.54, 1.807) is 4.90 Å². The topological polar surface area (TPSA) is 61.9 Å². The van der Waals surface area contributed by atoms with Crippen molar-refractivity contribution in [3.05, 3.63) is 35.4 Å². The Bertz CT molecular complexity index is 626. The number of carbonyl (C=O) groups excluding carboxylic acids is 2. The van der Waals surface area contributed by atoms with Crippen LogP contribution in [0.15, 0.2) is 24.3 Å². The van der Waals surface area contributed by atoms with Crippen molar-refractivity contribution in [1.82, 2.24) is 15.1 Å². The second-order valence-electron chi connectivity index (χ2n) is 7.05. The van der Waals surface area contributed by atoms with E-state index in [-0.39, 0.29) is 17.9 Å². The molecule has 1 fully saturated rings. The average molecular weight is 345 g/mol. The summed E-state index contributed by atoms with van der Waals surface area (Å²) in [4.78, 5) is 29.1. The van der Waals surface area contributed by atoms with Gasteiger partial charge in [-0.3, -0.25) is 4.79 Å². The van der Waals surface area contributed by atoms with Crippen LogP contribution in [-0.4, -0.2) is 60.6 Å². The first-order valence-corrected chi connectivity index (χ1v) is 9.05. The van der Waals surface area contributed by atoms with Crippen molar-refractivity contribution in [2.24, 2.45) is 5.92 Å². The van der Waals surface area contributed by atoms with Gasteiger partial charge in [0.2, 0.25) is 5.91 Å². The van der Waals surface area contributed by atoms with Gasteiger partial charge in [0.05, 0.1) is 13.2 Å². The van der Waals surface area contributed by atoms with Crippen LogP contribution in [0.3, 0.4) is 0 Å². The third-order valence-corrected chi connectivity index (χ3v) is 4.95. The van der Waals surface area contributed by atoms with Crippen LogP contribution in [0, 0.1) is 5.92 Å². The third kappa shape index (κ3) is 4.12. The smallest absolute Gasteiger partial charge is 0.318 e. The van der Waals surface area contributed by atoms with E-state index >= 15 is 0 Å². The first-order chi connectivity index (χ1) is 12.1. The van der Waals surface area contributed by atoms with Gasteiger partial charge in [-0.1, -0.05) is 38.1 Å². The number of nitrogens with zero attached hydrogens (tertiary/aromatic N) is 2. The monoisotopic (exact) mass is 345 g/mol. The second kappa shape index (κ2) is 7.87. The van der Waals surface area contributed by atoms with Crippen molar-refractivity contribution in [2.45, 2.75) is 32.9 Å². The van der Waals surface area contributed by atoms with Gasteiger partial charge in [0, 0.05) is 26.2 Å². The van der Waals surface area contributed by atoms with E-state index in [2.05, 4.69) is 17.4 Å². The predicted octanol–water partition coefficient (Wildman–Crippen LogP) is 1.64. The molecule has 0 aliphatic carbocycles. The summed E-state index contributed by atoms with van der Waals surface area (Å²) >= 11 is 0. The fraction of sp³-hybridized carbons (Fsp3) is 0.579. The lowest BCUT2D eigenvalue weighted by Gasteiger charge is -2.35. The number of benzene rings is 1. The lowest BCUT2D eigenvalue weighted by Crippen LogP contribution is -2.56. The van der Waals surface area contributed by atoms with Crippen LogP contribution >= 0.6 is 0 Å². The molecule has 0 spiro atoms. The molecule has 1 aromatic rings. The third-order valence-electron chi connectivity index (χ3n) is 4.95. The molecule has 25 heavy (non-hydrogen) atoms. The Balaban J connectivity index is 1.66. The highest BCUT2D eigenvalue weighted by atomic mass is 16.5. The normalized spacial score (nSPS) is 18.7. The van der Waals surface area contributed by atoms with E-state index in [0.717, 1.165) is 6.42 Å².